The number of hydrogen-bond acceptors (Lipinski definition) is 4. The molecular formula is C22H26Cl2FN3O4S. The molecule has 0 fully saturated rings. The van der Waals surface area contributed by atoms with E-state index in [4.69, 9.17) is 23.2 Å². The second-order valence-corrected chi connectivity index (χ2v) is 10.2. The summed E-state index contributed by atoms with van der Waals surface area (Å²) in [7, 11) is -2.23. The number of rotatable bonds is 10. The Hall–Kier alpha value is -2.36. The van der Waals surface area contributed by atoms with Gasteiger partial charge in [-0.3, -0.25) is 13.9 Å². The maximum Gasteiger partial charge on any atom is 0.242 e. The summed E-state index contributed by atoms with van der Waals surface area (Å²) in [5.74, 6) is -1.11. The van der Waals surface area contributed by atoms with Crippen molar-refractivity contribution in [2.24, 2.45) is 0 Å². The lowest BCUT2D eigenvalue weighted by Gasteiger charge is -2.29. The van der Waals surface area contributed by atoms with Gasteiger partial charge >= 0.3 is 0 Å². The van der Waals surface area contributed by atoms with Gasteiger partial charge in [-0.2, -0.15) is 0 Å². The minimum absolute atomic E-state index is 0.0105. The van der Waals surface area contributed by atoms with Crippen LogP contribution in [0.3, 0.4) is 0 Å². The topological polar surface area (TPSA) is 86.8 Å². The molecule has 0 saturated heterocycles. The number of nitrogens with zero attached hydrogens (tertiary/aromatic N) is 2. The van der Waals surface area contributed by atoms with Crippen LogP contribution in [0.25, 0.3) is 0 Å². The minimum atomic E-state index is -3.70. The number of benzene rings is 2. The van der Waals surface area contributed by atoms with Gasteiger partial charge in [0.1, 0.15) is 11.9 Å². The summed E-state index contributed by atoms with van der Waals surface area (Å²) < 4.78 is 39.0. The molecule has 0 aromatic heterocycles. The van der Waals surface area contributed by atoms with E-state index in [2.05, 4.69) is 5.32 Å². The molecule has 1 atom stereocenters. The van der Waals surface area contributed by atoms with Crippen molar-refractivity contribution in [2.75, 3.05) is 24.2 Å². The van der Waals surface area contributed by atoms with Gasteiger partial charge in [0, 0.05) is 31.6 Å². The Morgan fingerprint density at radius 3 is 2.33 bits per heavy atom. The monoisotopic (exact) mass is 517 g/mol. The first kappa shape index (κ1) is 26.9. The van der Waals surface area contributed by atoms with E-state index in [1.54, 1.807) is 25.1 Å². The third kappa shape index (κ3) is 7.58. The van der Waals surface area contributed by atoms with Crippen LogP contribution in [0.4, 0.5) is 10.1 Å². The van der Waals surface area contributed by atoms with Gasteiger partial charge in [0.15, 0.2) is 0 Å². The SMILES string of the molecule is CNC(=O)C(C)N(Cc1ccc(F)cc1)C(=O)CCCN(c1cc(Cl)ccc1Cl)S(C)(=O)=O. The highest BCUT2D eigenvalue weighted by atomic mass is 35.5. The van der Waals surface area contributed by atoms with Crippen molar-refractivity contribution in [1.82, 2.24) is 10.2 Å². The first-order valence-electron chi connectivity index (χ1n) is 10.1. The number of carbonyl (C=O) groups excluding carboxylic acids is 2. The van der Waals surface area contributed by atoms with E-state index in [0.29, 0.717) is 10.6 Å². The number of halogens is 3. The van der Waals surface area contributed by atoms with Crippen LogP contribution in [0, 0.1) is 5.82 Å². The second kappa shape index (κ2) is 11.7. The third-order valence-electron chi connectivity index (χ3n) is 5.01. The largest absolute Gasteiger partial charge is 0.357 e. The molecule has 0 aliphatic rings. The normalized spacial score (nSPS) is 12.2. The lowest BCUT2D eigenvalue weighted by molar-refractivity contribution is -0.140. The molecule has 0 aliphatic heterocycles. The van der Waals surface area contributed by atoms with Gasteiger partial charge in [-0.05, 0) is 49.2 Å². The average molecular weight is 518 g/mol. The molecule has 1 N–H and O–H groups in total. The smallest absolute Gasteiger partial charge is 0.242 e. The van der Waals surface area contributed by atoms with E-state index in [1.807, 2.05) is 0 Å². The van der Waals surface area contributed by atoms with E-state index in [0.717, 1.165) is 10.6 Å². The molecule has 2 aromatic carbocycles. The molecule has 2 amide bonds. The molecule has 0 spiro atoms. The molecule has 0 bridgehead atoms. The van der Waals surface area contributed by atoms with Crippen LogP contribution in [-0.4, -0.2) is 51.0 Å². The van der Waals surface area contributed by atoms with Crippen LogP contribution < -0.4 is 9.62 Å². The fourth-order valence-electron chi connectivity index (χ4n) is 3.24. The van der Waals surface area contributed by atoms with Crippen molar-refractivity contribution in [3.05, 3.63) is 63.9 Å². The zero-order valence-electron chi connectivity index (χ0n) is 18.5. The average Bonchev–Trinajstić information content (AvgIpc) is 2.76. The predicted octanol–water partition coefficient (Wildman–Crippen LogP) is 3.84. The van der Waals surface area contributed by atoms with Crippen LogP contribution in [-0.2, 0) is 26.2 Å². The lowest BCUT2D eigenvalue weighted by atomic mass is 10.1. The molecule has 7 nitrogen and oxygen atoms in total. The number of carbonyl (C=O) groups is 2. The number of anilines is 1. The number of nitrogens with one attached hydrogen (secondary N) is 1. The molecule has 0 radical (unpaired) electrons. The predicted molar refractivity (Wildman–Crippen MR) is 128 cm³/mol. The lowest BCUT2D eigenvalue weighted by Crippen LogP contribution is -2.46. The van der Waals surface area contributed by atoms with Crippen molar-refractivity contribution >= 4 is 50.7 Å². The summed E-state index contributed by atoms with van der Waals surface area (Å²) in [6, 6.07) is 9.35. The molecule has 2 aromatic rings. The van der Waals surface area contributed by atoms with Crippen molar-refractivity contribution < 1.29 is 22.4 Å². The summed E-state index contributed by atoms with van der Waals surface area (Å²) in [5, 5.41) is 3.05. The van der Waals surface area contributed by atoms with Crippen LogP contribution >= 0.6 is 23.2 Å². The molecule has 1 unspecified atom stereocenters. The van der Waals surface area contributed by atoms with E-state index >= 15 is 0 Å². The number of hydrogen-bond donors (Lipinski definition) is 1. The quantitative estimate of drug-likeness (QED) is 0.518. The Bertz CT molecular complexity index is 1100. The number of sulfonamides is 1. The van der Waals surface area contributed by atoms with Crippen molar-refractivity contribution in [3.63, 3.8) is 0 Å². The Morgan fingerprint density at radius 1 is 1.12 bits per heavy atom. The first-order valence-corrected chi connectivity index (χ1v) is 12.7. The minimum Gasteiger partial charge on any atom is -0.357 e. The summed E-state index contributed by atoms with van der Waals surface area (Å²) >= 11 is 12.2. The fourth-order valence-corrected chi connectivity index (χ4v) is 4.64. The van der Waals surface area contributed by atoms with Gasteiger partial charge in [-0.1, -0.05) is 35.3 Å². The second-order valence-electron chi connectivity index (χ2n) is 7.47. The molecule has 0 aliphatic carbocycles. The van der Waals surface area contributed by atoms with Crippen LogP contribution in [0.15, 0.2) is 42.5 Å². The number of likely N-dealkylation sites (N-methyl/N-ethyl adjacent to an activating group) is 1. The zero-order chi connectivity index (χ0) is 24.8. The van der Waals surface area contributed by atoms with E-state index < -0.39 is 21.9 Å². The Labute approximate surface area is 203 Å². The highest BCUT2D eigenvalue weighted by Gasteiger charge is 2.26. The molecule has 180 valence electrons. The molecule has 0 heterocycles. The van der Waals surface area contributed by atoms with Gasteiger partial charge in [0.05, 0.1) is 17.0 Å². The van der Waals surface area contributed by atoms with Gasteiger partial charge in [-0.25, -0.2) is 12.8 Å². The molecule has 33 heavy (non-hydrogen) atoms. The van der Waals surface area contributed by atoms with Crippen LogP contribution in [0.2, 0.25) is 10.0 Å². The van der Waals surface area contributed by atoms with Crippen molar-refractivity contribution in [3.8, 4) is 0 Å². The highest BCUT2D eigenvalue weighted by molar-refractivity contribution is 7.92. The van der Waals surface area contributed by atoms with Crippen LogP contribution in [0.5, 0.6) is 0 Å². The summed E-state index contributed by atoms with van der Waals surface area (Å²) in [6.07, 6.45) is 1.20. The van der Waals surface area contributed by atoms with Gasteiger partial charge in [-0.15, -0.1) is 0 Å². The highest BCUT2D eigenvalue weighted by Crippen LogP contribution is 2.31. The van der Waals surface area contributed by atoms with E-state index in [9.17, 15) is 22.4 Å². The van der Waals surface area contributed by atoms with Gasteiger partial charge in [0.25, 0.3) is 0 Å². The van der Waals surface area contributed by atoms with Crippen molar-refractivity contribution in [2.45, 2.75) is 32.4 Å². The Kier molecular flexibility index (Phi) is 9.51. The van der Waals surface area contributed by atoms with Crippen LogP contribution in [0.1, 0.15) is 25.3 Å². The van der Waals surface area contributed by atoms with Crippen molar-refractivity contribution in [1.29, 1.82) is 0 Å². The zero-order valence-corrected chi connectivity index (χ0v) is 20.8. The first-order chi connectivity index (χ1) is 15.4. The summed E-state index contributed by atoms with van der Waals surface area (Å²) in [4.78, 5) is 26.6. The standard InChI is InChI=1S/C22H26Cl2FN3O4S/c1-15(22(30)26-2)27(14-16-6-9-18(25)10-7-16)21(29)5-4-12-28(33(3,31)32)20-13-17(23)8-11-19(20)24/h6-11,13,15H,4-5,12,14H2,1-3H3,(H,26,30). The van der Waals surface area contributed by atoms with Gasteiger partial charge in [0.2, 0.25) is 21.8 Å². The summed E-state index contributed by atoms with van der Waals surface area (Å²) in [6.45, 7) is 1.68. The summed E-state index contributed by atoms with van der Waals surface area (Å²) in [5.41, 5.74) is 0.880. The molecular weight excluding hydrogens is 492 g/mol. The maximum absolute atomic E-state index is 13.2. The molecule has 11 heteroatoms. The number of amides is 2. The Balaban J connectivity index is 2.17. The molecule has 2 rings (SSSR count). The third-order valence-corrected chi connectivity index (χ3v) is 6.74. The fraction of sp³-hybridized carbons (Fsp3) is 0.364. The molecule has 0 saturated carbocycles. The van der Waals surface area contributed by atoms with E-state index in [-0.39, 0.29) is 48.5 Å². The van der Waals surface area contributed by atoms with E-state index in [1.165, 1.54) is 36.2 Å². The Morgan fingerprint density at radius 2 is 1.76 bits per heavy atom. The maximum atomic E-state index is 13.2. The van der Waals surface area contributed by atoms with Gasteiger partial charge < -0.3 is 10.2 Å².